The van der Waals surface area contributed by atoms with Crippen molar-refractivity contribution in [2.75, 3.05) is 20.7 Å². The predicted octanol–water partition coefficient (Wildman–Crippen LogP) is 1.77. The predicted molar refractivity (Wildman–Crippen MR) is 73.5 cm³/mol. The monoisotopic (exact) mass is 267 g/mol. The van der Waals surface area contributed by atoms with Crippen molar-refractivity contribution in [3.05, 3.63) is 17.5 Å². The molecule has 5 nitrogen and oxygen atoms in total. The van der Waals surface area contributed by atoms with Gasteiger partial charge in [-0.3, -0.25) is 4.90 Å². The molecule has 0 bridgehead atoms. The van der Waals surface area contributed by atoms with Crippen molar-refractivity contribution in [3.8, 4) is 0 Å². The minimum Gasteiger partial charge on any atom is -0.377 e. The Balaban J connectivity index is 1.92. The van der Waals surface area contributed by atoms with Crippen LogP contribution in [0.15, 0.2) is 10.6 Å². The van der Waals surface area contributed by atoms with Gasteiger partial charge in [-0.25, -0.2) is 0 Å². The van der Waals surface area contributed by atoms with E-state index in [1.165, 1.54) is 25.7 Å². The fourth-order valence-electron chi connectivity index (χ4n) is 3.06. The molecule has 0 amide bonds. The van der Waals surface area contributed by atoms with Crippen molar-refractivity contribution in [2.24, 2.45) is 11.7 Å². The molecule has 0 spiro atoms. The Labute approximate surface area is 115 Å². The number of nitrogens with zero attached hydrogens (tertiary/aromatic N) is 2. The van der Waals surface area contributed by atoms with Gasteiger partial charge in [0.2, 0.25) is 0 Å². The van der Waals surface area contributed by atoms with E-state index in [-0.39, 0.29) is 0 Å². The van der Waals surface area contributed by atoms with Crippen LogP contribution in [0, 0.1) is 5.92 Å². The third kappa shape index (κ3) is 3.78. The van der Waals surface area contributed by atoms with Gasteiger partial charge in [0.1, 0.15) is 6.61 Å². The van der Waals surface area contributed by atoms with Crippen molar-refractivity contribution in [2.45, 2.75) is 44.9 Å². The van der Waals surface area contributed by atoms with Crippen molar-refractivity contribution < 1.29 is 9.26 Å². The maximum absolute atomic E-state index is 5.89. The number of nitrogens with two attached hydrogens (primary N) is 1. The summed E-state index contributed by atoms with van der Waals surface area (Å²) in [5.41, 5.74) is 6.86. The van der Waals surface area contributed by atoms with Gasteiger partial charge in [-0.05, 0) is 32.4 Å². The van der Waals surface area contributed by atoms with E-state index in [1.807, 2.05) is 6.07 Å². The third-order valence-corrected chi connectivity index (χ3v) is 4.04. The molecular weight excluding hydrogens is 242 g/mol. The first-order valence-corrected chi connectivity index (χ1v) is 7.08. The molecular formula is C14H25N3O2. The Morgan fingerprint density at radius 2 is 2.26 bits per heavy atom. The molecule has 0 aromatic carbocycles. The second-order valence-electron chi connectivity index (χ2n) is 5.48. The van der Waals surface area contributed by atoms with Gasteiger partial charge < -0.3 is 15.0 Å². The lowest BCUT2D eigenvalue weighted by Gasteiger charge is -2.37. The Hall–Kier alpha value is -0.910. The summed E-state index contributed by atoms with van der Waals surface area (Å²) < 4.78 is 10.3. The number of hydrogen-bond acceptors (Lipinski definition) is 5. The molecule has 1 aromatic rings. The van der Waals surface area contributed by atoms with Crippen LogP contribution in [0.3, 0.4) is 0 Å². The molecule has 1 heterocycles. The summed E-state index contributed by atoms with van der Waals surface area (Å²) >= 11 is 0. The summed E-state index contributed by atoms with van der Waals surface area (Å²) in [4.78, 5) is 2.37. The summed E-state index contributed by atoms with van der Waals surface area (Å²) in [5.74, 6) is 1.40. The number of methoxy groups -OCH3 is 1. The first kappa shape index (κ1) is 14.5. The number of rotatable bonds is 6. The third-order valence-electron chi connectivity index (χ3n) is 4.04. The van der Waals surface area contributed by atoms with Crippen molar-refractivity contribution in [1.29, 1.82) is 0 Å². The maximum atomic E-state index is 5.89. The Kier molecular flexibility index (Phi) is 5.36. The molecule has 108 valence electrons. The molecule has 1 saturated carbocycles. The lowest BCUT2D eigenvalue weighted by Crippen LogP contribution is -2.42. The van der Waals surface area contributed by atoms with Gasteiger partial charge in [-0.1, -0.05) is 18.0 Å². The highest BCUT2D eigenvalue weighted by Crippen LogP contribution is 2.27. The van der Waals surface area contributed by atoms with Crippen molar-refractivity contribution in [3.63, 3.8) is 0 Å². The van der Waals surface area contributed by atoms with Crippen LogP contribution in [0.4, 0.5) is 0 Å². The lowest BCUT2D eigenvalue weighted by atomic mass is 9.83. The first-order chi connectivity index (χ1) is 9.24. The molecule has 0 radical (unpaired) electrons. The molecule has 1 aliphatic rings. The highest BCUT2D eigenvalue weighted by atomic mass is 16.5. The molecule has 2 rings (SSSR count). The van der Waals surface area contributed by atoms with Gasteiger partial charge in [0.25, 0.3) is 0 Å². The Bertz CT molecular complexity index is 381. The minimum absolute atomic E-state index is 0.478. The van der Waals surface area contributed by atoms with Crippen LogP contribution in [-0.2, 0) is 17.9 Å². The van der Waals surface area contributed by atoms with E-state index in [4.69, 9.17) is 15.0 Å². The van der Waals surface area contributed by atoms with Gasteiger partial charge in [-0.15, -0.1) is 0 Å². The standard InChI is InChI=1S/C14H25N3O2/c1-17(14-6-4-3-5-11(14)8-15)9-12-7-13(10-18-2)19-16-12/h7,11,14H,3-6,8-10,15H2,1-2H3. The van der Waals surface area contributed by atoms with Gasteiger partial charge in [0.15, 0.2) is 5.76 Å². The van der Waals surface area contributed by atoms with E-state index < -0.39 is 0 Å². The molecule has 2 unspecified atom stereocenters. The van der Waals surface area contributed by atoms with Crippen molar-refractivity contribution >= 4 is 0 Å². The lowest BCUT2D eigenvalue weighted by molar-refractivity contribution is 0.124. The van der Waals surface area contributed by atoms with Crippen LogP contribution in [-0.4, -0.2) is 36.8 Å². The van der Waals surface area contributed by atoms with E-state index >= 15 is 0 Å². The van der Waals surface area contributed by atoms with E-state index in [2.05, 4.69) is 17.1 Å². The van der Waals surface area contributed by atoms with Crippen LogP contribution in [0.5, 0.6) is 0 Å². The zero-order valence-electron chi connectivity index (χ0n) is 12.0. The first-order valence-electron chi connectivity index (χ1n) is 7.08. The van der Waals surface area contributed by atoms with Gasteiger partial charge in [0, 0.05) is 25.8 Å². The SMILES string of the molecule is COCc1cc(CN(C)C2CCCCC2CN)no1. The average Bonchev–Trinajstić information content (AvgIpc) is 2.86. The molecule has 0 aliphatic heterocycles. The van der Waals surface area contributed by atoms with Gasteiger partial charge >= 0.3 is 0 Å². The highest BCUT2D eigenvalue weighted by molar-refractivity contribution is 5.04. The topological polar surface area (TPSA) is 64.5 Å². The molecule has 2 N–H and O–H groups in total. The summed E-state index contributed by atoms with van der Waals surface area (Å²) in [5, 5.41) is 4.09. The molecule has 2 atom stereocenters. The Morgan fingerprint density at radius 1 is 1.47 bits per heavy atom. The molecule has 0 saturated heterocycles. The van der Waals surface area contributed by atoms with Gasteiger partial charge in [-0.2, -0.15) is 0 Å². The number of ether oxygens (including phenoxy) is 1. The van der Waals surface area contributed by atoms with Crippen LogP contribution < -0.4 is 5.73 Å². The second kappa shape index (κ2) is 7.03. The smallest absolute Gasteiger partial charge is 0.162 e. The zero-order valence-corrected chi connectivity index (χ0v) is 12.0. The normalized spacial score (nSPS) is 24.0. The summed E-state index contributed by atoms with van der Waals surface area (Å²) in [7, 11) is 3.81. The van der Waals surface area contributed by atoms with E-state index in [0.29, 0.717) is 18.6 Å². The number of aromatic nitrogens is 1. The molecule has 19 heavy (non-hydrogen) atoms. The maximum Gasteiger partial charge on any atom is 0.162 e. The average molecular weight is 267 g/mol. The molecule has 1 aliphatic carbocycles. The van der Waals surface area contributed by atoms with E-state index in [9.17, 15) is 0 Å². The van der Waals surface area contributed by atoms with Crippen LogP contribution in [0.1, 0.15) is 37.1 Å². The Morgan fingerprint density at radius 3 is 3.00 bits per heavy atom. The fraction of sp³-hybridized carbons (Fsp3) is 0.786. The van der Waals surface area contributed by atoms with Crippen LogP contribution in [0.25, 0.3) is 0 Å². The fourth-order valence-corrected chi connectivity index (χ4v) is 3.06. The van der Waals surface area contributed by atoms with Crippen molar-refractivity contribution in [1.82, 2.24) is 10.1 Å². The number of hydrogen-bond donors (Lipinski definition) is 1. The van der Waals surface area contributed by atoms with E-state index in [0.717, 1.165) is 24.5 Å². The second-order valence-corrected chi connectivity index (χ2v) is 5.48. The van der Waals surface area contributed by atoms with Gasteiger partial charge in [0.05, 0.1) is 5.69 Å². The highest BCUT2D eigenvalue weighted by Gasteiger charge is 2.27. The quantitative estimate of drug-likeness (QED) is 0.851. The summed E-state index contributed by atoms with van der Waals surface area (Å²) in [6.45, 7) is 2.07. The molecule has 5 heteroatoms. The molecule has 1 fully saturated rings. The molecule has 1 aromatic heterocycles. The minimum atomic E-state index is 0.478. The summed E-state index contributed by atoms with van der Waals surface area (Å²) in [6, 6.07) is 2.54. The van der Waals surface area contributed by atoms with Crippen LogP contribution in [0.2, 0.25) is 0 Å². The zero-order chi connectivity index (χ0) is 13.7. The van der Waals surface area contributed by atoms with Crippen LogP contribution >= 0.6 is 0 Å². The summed E-state index contributed by atoms with van der Waals surface area (Å²) in [6.07, 6.45) is 5.10. The van der Waals surface area contributed by atoms with E-state index in [1.54, 1.807) is 7.11 Å². The largest absolute Gasteiger partial charge is 0.377 e.